The fourth-order valence-corrected chi connectivity index (χ4v) is 4.69. The summed E-state index contributed by atoms with van der Waals surface area (Å²) in [7, 11) is 0. The van der Waals surface area contributed by atoms with Gasteiger partial charge in [0, 0.05) is 16.7 Å². The van der Waals surface area contributed by atoms with E-state index < -0.39 is 6.04 Å². The van der Waals surface area contributed by atoms with Gasteiger partial charge in [-0.15, -0.1) is 21.5 Å². The number of thiazole rings is 1. The number of nitrogens with one attached hydrogen (secondary N) is 1. The topological polar surface area (TPSA) is 98.7 Å². The molecule has 1 atom stereocenters. The molecule has 0 aliphatic carbocycles. The lowest BCUT2D eigenvalue weighted by Gasteiger charge is -2.15. The molecule has 0 radical (unpaired) electrons. The molecule has 2 heterocycles. The monoisotopic (exact) mass is 450 g/mol. The number of nitrogens with two attached hydrogens (primary N) is 1. The van der Waals surface area contributed by atoms with Crippen LogP contribution in [0, 0.1) is 6.92 Å². The quantitative estimate of drug-likeness (QED) is 0.393. The molecule has 2 aromatic carbocycles. The fourth-order valence-electron chi connectivity index (χ4n) is 2.99. The number of nitrogen functional groups attached to an aromatic ring is 1. The molecule has 0 aliphatic heterocycles. The molecule has 0 aliphatic rings. The molecular weight excluding hydrogens is 428 g/mol. The molecule has 31 heavy (non-hydrogen) atoms. The number of hydrogen-bond donors (Lipinski definition) is 2. The van der Waals surface area contributed by atoms with Gasteiger partial charge in [0.1, 0.15) is 6.04 Å². The Morgan fingerprint density at radius 1 is 1.16 bits per heavy atom. The molecule has 2 aromatic heterocycles. The third-order valence-corrected chi connectivity index (χ3v) is 6.52. The average molecular weight is 451 g/mol. The SMILES string of the molecule is Cc1ccc(-c2csc(NC(=O)C(C)n3c(N)nnc3SCc3ccccc3)n2)cc1. The second-order valence-electron chi connectivity index (χ2n) is 7.05. The zero-order chi connectivity index (χ0) is 21.8. The first kappa shape index (κ1) is 21.1. The summed E-state index contributed by atoms with van der Waals surface area (Å²) in [5, 5.41) is 14.1. The van der Waals surface area contributed by atoms with Crippen molar-refractivity contribution in [2.24, 2.45) is 0 Å². The van der Waals surface area contributed by atoms with Crippen molar-refractivity contribution in [1.82, 2.24) is 19.7 Å². The minimum Gasteiger partial charge on any atom is -0.368 e. The van der Waals surface area contributed by atoms with Gasteiger partial charge in [-0.3, -0.25) is 9.36 Å². The van der Waals surface area contributed by atoms with Crippen LogP contribution >= 0.6 is 23.1 Å². The third kappa shape index (κ3) is 4.95. The van der Waals surface area contributed by atoms with E-state index in [-0.39, 0.29) is 11.9 Å². The molecule has 1 unspecified atom stereocenters. The molecule has 0 saturated heterocycles. The molecule has 0 saturated carbocycles. The number of aryl methyl sites for hydroxylation is 1. The summed E-state index contributed by atoms with van der Waals surface area (Å²) >= 11 is 2.88. The highest BCUT2D eigenvalue weighted by atomic mass is 32.2. The summed E-state index contributed by atoms with van der Waals surface area (Å²) in [6.07, 6.45) is 0. The summed E-state index contributed by atoms with van der Waals surface area (Å²) in [5.41, 5.74) is 10.2. The van der Waals surface area contributed by atoms with Gasteiger partial charge in [0.2, 0.25) is 11.9 Å². The first-order chi connectivity index (χ1) is 15.0. The summed E-state index contributed by atoms with van der Waals surface area (Å²) in [5.74, 6) is 0.690. The normalized spacial score (nSPS) is 11.9. The number of anilines is 2. The van der Waals surface area contributed by atoms with Gasteiger partial charge in [0.05, 0.1) is 5.69 Å². The van der Waals surface area contributed by atoms with Crippen molar-refractivity contribution < 1.29 is 4.79 Å². The van der Waals surface area contributed by atoms with Gasteiger partial charge in [-0.2, -0.15) is 0 Å². The predicted molar refractivity (Wildman–Crippen MR) is 126 cm³/mol. The summed E-state index contributed by atoms with van der Waals surface area (Å²) < 4.78 is 1.65. The summed E-state index contributed by atoms with van der Waals surface area (Å²) in [6, 6.07) is 17.6. The number of carbonyl (C=O) groups is 1. The van der Waals surface area contributed by atoms with Crippen LogP contribution in [0.5, 0.6) is 0 Å². The molecule has 3 N–H and O–H groups in total. The lowest BCUT2D eigenvalue weighted by molar-refractivity contribution is -0.118. The average Bonchev–Trinajstić information content (AvgIpc) is 3.39. The van der Waals surface area contributed by atoms with Crippen molar-refractivity contribution in [3.8, 4) is 11.3 Å². The van der Waals surface area contributed by atoms with Gasteiger partial charge < -0.3 is 11.1 Å². The van der Waals surface area contributed by atoms with E-state index in [1.54, 1.807) is 11.5 Å². The Bertz CT molecular complexity index is 1170. The molecule has 9 heteroatoms. The highest BCUT2D eigenvalue weighted by molar-refractivity contribution is 7.98. The number of hydrogen-bond acceptors (Lipinski definition) is 7. The number of amides is 1. The second kappa shape index (κ2) is 9.32. The first-order valence-corrected chi connectivity index (χ1v) is 11.6. The molecule has 4 aromatic rings. The maximum atomic E-state index is 12.9. The highest BCUT2D eigenvalue weighted by Crippen LogP contribution is 2.28. The number of thioether (sulfide) groups is 1. The van der Waals surface area contributed by atoms with E-state index >= 15 is 0 Å². The Labute approximate surface area is 188 Å². The Kier molecular flexibility index (Phi) is 6.34. The van der Waals surface area contributed by atoms with Crippen LogP contribution in [0.25, 0.3) is 11.3 Å². The van der Waals surface area contributed by atoms with E-state index in [1.807, 2.05) is 66.9 Å². The Hall–Kier alpha value is -3.17. The standard InChI is InChI=1S/C22H22N6OS2/c1-14-8-10-17(11-9-14)18-13-30-21(24-18)25-19(29)15(2)28-20(23)26-27-22(28)31-12-16-6-4-3-5-7-16/h3-11,13,15H,12H2,1-2H3,(H2,23,26)(H,24,25,29). The molecule has 0 bridgehead atoms. The summed E-state index contributed by atoms with van der Waals surface area (Å²) in [4.78, 5) is 17.4. The second-order valence-corrected chi connectivity index (χ2v) is 8.85. The van der Waals surface area contributed by atoms with Crippen LogP contribution in [0.3, 0.4) is 0 Å². The van der Waals surface area contributed by atoms with Crippen molar-refractivity contribution in [2.75, 3.05) is 11.1 Å². The van der Waals surface area contributed by atoms with Gasteiger partial charge in [-0.05, 0) is 19.4 Å². The number of benzene rings is 2. The van der Waals surface area contributed by atoms with Crippen LogP contribution in [-0.2, 0) is 10.5 Å². The van der Waals surface area contributed by atoms with Crippen LogP contribution in [0.1, 0.15) is 24.1 Å². The van der Waals surface area contributed by atoms with Crippen LogP contribution in [0.15, 0.2) is 65.1 Å². The zero-order valence-electron chi connectivity index (χ0n) is 17.1. The Morgan fingerprint density at radius 3 is 2.65 bits per heavy atom. The highest BCUT2D eigenvalue weighted by Gasteiger charge is 2.23. The van der Waals surface area contributed by atoms with Crippen molar-refractivity contribution in [1.29, 1.82) is 0 Å². The predicted octanol–water partition coefficient (Wildman–Crippen LogP) is 4.78. The van der Waals surface area contributed by atoms with Crippen molar-refractivity contribution >= 4 is 40.1 Å². The molecule has 4 rings (SSSR count). The molecule has 7 nitrogen and oxygen atoms in total. The maximum absolute atomic E-state index is 12.9. The van der Waals surface area contributed by atoms with E-state index in [4.69, 9.17) is 5.73 Å². The molecule has 1 amide bonds. The fraction of sp³-hybridized carbons (Fsp3) is 0.182. The largest absolute Gasteiger partial charge is 0.368 e. The van der Waals surface area contributed by atoms with E-state index in [2.05, 4.69) is 20.5 Å². The first-order valence-electron chi connectivity index (χ1n) is 9.72. The van der Waals surface area contributed by atoms with E-state index in [9.17, 15) is 4.79 Å². The third-order valence-electron chi connectivity index (χ3n) is 4.75. The summed E-state index contributed by atoms with van der Waals surface area (Å²) in [6.45, 7) is 3.82. The van der Waals surface area contributed by atoms with E-state index in [0.717, 1.165) is 16.8 Å². The van der Waals surface area contributed by atoms with Crippen LogP contribution in [-0.4, -0.2) is 25.7 Å². The maximum Gasteiger partial charge on any atom is 0.249 e. The minimum atomic E-state index is -0.583. The van der Waals surface area contributed by atoms with Gasteiger partial charge in [0.25, 0.3) is 0 Å². The van der Waals surface area contributed by atoms with Gasteiger partial charge in [0.15, 0.2) is 10.3 Å². The lowest BCUT2D eigenvalue weighted by atomic mass is 10.1. The number of aromatic nitrogens is 4. The number of rotatable bonds is 7. The van der Waals surface area contributed by atoms with Gasteiger partial charge >= 0.3 is 0 Å². The lowest BCUT2D eigenvalue weighted by Crippen LogP contribution is -2.25. The van der Waals surface area contributed by atoms with E-state index in [1.165, 1.54) is 28.7 Å². The minimum absolute atomic E-state index is 0.206. The molecular formula is C22H22N6OS2. The van der Waals surface area contributed by atoms with Gasteiger partial charge in [-0.25, -0.2) is 4.98 Å². The number of nitrogens with zero attached hydrogens (tertiary/aromatic N) is 4. The van der Waals surface area contributed by atoms with Crippen molar-refractivity contribution in [3.05, 3.63) is 71.1 Å². The Morgan fingerprint density at radius 2 is 1.90 bits per heavy atom. The zero-order valence-corrected chi connectivity index (χ0v) is 18.8. The van der Waals surface area contributed by atoms with Crippen LogP contribution in [0.2, 0.25) is 0 Å². The van der Waals surface area contributed by atoms with Gasteiger partial charge in [-0.1, -0.05) is 71.9 Å². The molecule has 0 spiro atoms. The van der Waals surface area contributed by atoms with Crippen molar-refractivity contribution in [3.63, 3.8) is 0 Å². The Balaban J connectivity index is 1.45. The van der Waals surface area contributed by atoms with Crippen LogP contribution in [0.4, 0.5) is 11.1 Å². The number of carbonyl (C=O) groups excluding carboxylic acids is 1. The molecule has 158 valence electrons. The van der Waals surface area contributed by atoms with Crippen molar-refractivity contribution in [2.45, 2.75) is 30.8 Å². The molecule has 0 fully saturated rings. The van der Waals surface area contributed by atoms with E-state index in [0.29, 0.717) is 16.0 Å². The smallest absolute Gasteiger partial charge is 0.249 e. The van der Waals surface area contributed by atoms with Crippen LogP contribution < -0.4 is 11.1 Å².